The zero-order valence-electron chi connectivity index (χ0n) is 14.3. The van der Waals surface area contributed by atoms with Crippen molar-refractivity contribution in [1.29, 1.82) is 0 Å². The predicted octanol–water partition coefficient (Wildman–Crippen LogP) is 2.96. The van der Waals surface area contributed by atoms with Gasteiger partial charge in [-0.25, -0.2) is 4.98 Å². The van der Waals surface area contributed by atoms with E-state index in [0.717, 1.165) is 46.8 Å². The van der Waals surface area contributed by atoms with E-state index in [-0.39, 0.29) is 19.2 Å². The first-order chi connectivity index (χ1) is 12.8. The van der Waals surface area contributed by atoms with Gasteiger partial charge in [-0.3, -0.25) is 4.79 Å². The third-order valence-electron chi connectivity index (χ3n) is 4.85. The molecule has 2 aliphatic rings. The third kappa shape index (κ3) is 2.77. The first-order valence-corrected chi connectivity index (χ1v) is 8.88. The molecule has 0 atom stereocenters. The standard InChI is InChI=1S/C20H19N3O3/c24-19(21-10-13-5-8-17-18(9-13)26-12-25-17)11-23-16-4-2-1-3-15(16)22-20(23)14-6-7-14/h1-5,8-9,14H,6-7,10-12H2,(H,21,24). The highest BCUT2D eigenvalue weighted by atomic mass is 16.7. The molecule has 0 saturated heterocycles. The lowest BCUT2D eigenvalue weighted by molar-refractivity contribution is -0.121. The normalized spacial score (nSPS) is 15.4. The molecule has 132 valence electrons. The summed E-state index contributed by atoms with van der Waals surface area (Å²) in [4.78, 5) is 17.3. The van der Waals surface area contributed by atoms with Crippen LogP contribution >= 0.6 is 0 Å². The minimum Gasteiger partial charge on any atom is -0.454 e. The molecule has 1 N–H and O–H groups in total. The highest BCUT2D eigenvalue weighted by molar-refractivity contribution is 5.81. The number of para-hydroxylation sites is 2. The van der Waals surface area contributed by atoms with Crippen molar-refractivity contribution in [3.8, 4) is 11.5 Å². The summed E-state index contributed by atoms with van der Waals surface area (Å²) in [6.45, 7) is 1.00. The van der Waals surface area contributed by atoms with Crippen LogP contribution in [0.25, 0.3) is 11.0 Å². The van der Waals surface area contributed by atoms with E-state index in [1.807, 2.05) is 42.5 Å². The van der Waals surface area contributed by atoms with Crippen LogP contribution in [0.4, 0.5) is 0 Å². The lowest BCUT2D eigenvalue weighted by atomic mass is 10.2. The molecule has 0 unspecified atom stereocenters. The summed E-state index contributed by atoms with van der Waals surface area (Å²) in [6.07, 6.45) is 2.31. The average Bonchev–Trinajstić information content (AvgIpc) is 3.29. The van der Waals surface area contributed by atoms with Crippen LogP contribution in [0.5, 0.6) is 11.5 Å². The Morgan fingerprint density at radius 3 is 2.88 bits per heavy atom. The summed E-state index contributed by atoms with van der Waals surface area (Å²) in [5, 5.41) is 3.00. The predicted molar refractivity (Wildman–Crippen MR) is 96.1 cm³/mol. The van der Waals surface area contributed by atoms with Gasteiger partial charge >= 0.3 is 0 Å². The van der Waals surface area contributed by atoms with Gasteiger partial charge in [-0.2, -0.15) is 0 Å². The molecule has 5 rings (SSSR count). The topological polar surface area (TPSA) is 65.4 Å². The van der Waals surface area contributed by atoms with Crippen LogP contribution in [-0.4, -0.2) is 22.3 Å². The minimum absolute atomic E-state index is 0.0206. The van der Waals surface area contributed by atoms with Gasteiger partial charge in [-0.15, -0.1) is 0 Å². The van der Waals surface area contributed by atoms with Gasteiger partial charge in [-0.1, -0.05) is 18.2 Å². The summed E-state index contributed by atoms with van der Waals surface area (Å²) >= 11 is 0. The van der Waals surface area contributed by atoms with Crippen LogP contribution in [0.1, 0.15) is 30.1 Å². The van der Waals surface area contributed by atoms with Gasteiger partial charge in [0.1, 0.15) is 12.4 Å². The summed E-state index contributed by atoms with van der Waals surface area (Å²) in [6, 6.07) is 13.7. The van der Waals surface area contributed by atoms with Crippen molar-refractivity contribution in [1.82, 2.24) is 14.9 Å². The quantitative estimate of drug-likeness (QED) is 0.769. The fourth-order valence-electron chi connectivity index (χ4n) is 3.36. The smallest absolute Gasteiger partial charge is 0.240 e. The van der Waals surface area contributed by atoms with Gasteiger partial charge in [0.2, 0.25) is 12.7 Å². The lowest BCUT2D eigenvalue weighted by Gasteiger charge is -2.10. The number of fused-ring (bicyclic) bond motifs is 2. The molecule has 2 heterocycles. The second-order valence-electron chi connectivity index (χ2n) is 6.78. The van der Waals surface area contributed by atoms with E-state index < -0.39 is 0 Å². The van der Waals surface area contributed by atoms with Crippen LogP contribution in [0, 0.1) is 0 Å². The van der Waals surface area contributed by atoms with Crippen LogP contribution in [0.2, 0.25) is 0 Å². The number of ether oxygens (including phenoxy) is 2. The molecule has 0 bridgehead atoms. The Bertz CT molecular complexity index is 991. The van der Waals surface area contributed by atoms with Gasteiger partial charge < -0.3 is 19.4 Å². The second-order valence-corrected chi connectivity index (χ2v) is 6.78. The number of aromatic nitrogens is 2. The number of nitrogens with one attached hydrogen (secondary N) is 1. The van der Waals surface area contributed by atoms with E-state index in [1.165, 1.54) is 0 Å². The zero-order chi connectivity index (χ0) is 17.5. The van der Waals surface area contributed by atoms with E-state index >= 15 is 0 Å². The van der Waals surface area contributed by atoms with Gasteiger partial charge in [0.05, 0.1) is 11.0 Å². The molecular weight excluding hydrogens is 330 g/mol. The summed E-state index contributed by atoms with van der Waals surface area (Å²) in [5.41, 5.74) is 2.96. The number of amides is 1. The molecule has 26 heavy (non-hydrogen) atoms. The van der Waals surface area contributed by atoms with E-state index in [0.29, 0.717) is 12.5 Å². The molecule has 1 fully saturated rings. The number of rotatable bonds is 5. The highest BCUT2D eigenvalue weighted by Gasteiger charge is 2.30. The third-order valence-corrected chi connectivity index (χ3v) is 4.85. The van der Waals surface area contributed by atoms with Gasteiger partial charge in [0.25, 0.3) is 0 Å². The molecule has 6 nitrogen and oxygen atoms in total. The molecule has 2 aromatic carbocycles. The first-order valence-electron chi connectivity index (χ1n) is 8.88. The number of benzene rings is 2. The Hall–Kier alpha value is -3.02. The first kappa shape index (κ1) is 15.3. The van der Waals surface area contributed by atoms with Crippen molar-refractivity contribution in [3.05, 3.63) is 53.9 Å². The maximum Gasteiger partial charge on any atom is 0.240 e. The number of imidazole rings is 1. The molecular formula is C20H19N3O3. The van der Waals surface area contributed by atoms with Crippen molar-refractivity contribution < 1.29 is 14.3 Å². The molecule has 3 aromatic rings. The Morgan fingerprint density at radius 1 is 1.15 bits per heavy atom. The van der Waals surface area contributed by atoms with E-state index in [1.54, 1.807) is 0 Å². The fraction of sp³-hybridized carbons (Fsp3) is 0.300. The monoisotopic (exact) mass is 349 g/mol. The summed E-state index contributed by atoms with van der Waals surface area (Å²) in [5.74, 6) is 2.98. The molecule has 1 amide bonds. The molecule has 0 spiro atoms. The zero-order valence-corrected chi connectivity index (χ0v) is 14.3. The molecule has 1 aliphatic carbocycles. The number of hydrogen-bond acceptors (Lipinski definition) is 4. The van der Waals surface area contributed by atoms with Crippen molar-refractivity contribution in [2.24, 2.45) is 0 Å². The van der Waals surface area contributed by atoms with Crippen molar-refractivity contribution in [2.45, 2.75) is 31.8 Å². The Labute approximate surface area is 150 Å². The molecule has 6 heteroatoms. The second kappa shape index (κ2) is 6.05. The van der Waals surface area contributed by atoms with Crippen LogP contribution in [0.15, 0.2) is 42.5 Å². The van der Waals surface area contributed by atoms with Gasteiger partial charge in [0, 0.05) is 12.5 Å². The average molecular weight is 349 g/mol. The highest BCUT2D eigenvalue weighted by Crippen LogP contribution is 2.40. The number of carbonyl (C=O) groups excluding carboxylic acids is 1. The van der Waals surface area contributed by atoms with E-state index in [4.69, 9.17) is 14.5 Å². The Morgan fingerprint density at radius 2 is 2.00 bits per heavy atom. The SMILES string of the molecule is O=C(Cn1c(C2CC2)nc2ccccc21)NCc1ccc2c(c1)OCO2. The molecule has 0 radical (unpaired) electrons. The number of hydrogen-bond donors (Lipinski definition) is 1. The van der Waals surface area contributed by atoms with Gasteiger partial charge in [0.15, 0.2) is 11.5 Å². The van der Waals surface area contributed by atoms with E-state index in [9.17, 15) is 4.79 Å². The lowest BCUT2D eigenvalue weighted by Crippen LogP contribution is -2.27. The van der Waals surface area contributed by atoms with Crippen molar-refractivity contribution >= 4 is 16.9 Å². The van der Waals surface area contributed by atoms with Crippen molar-refractivity contribution in [3.63, 3.8) is 0 Å². The molecule has 1 aromatic heterocycles. The van der Waals surface area contributed by atoms with E-state index in [2.05, 4.69) is 9.88 Å². The summed E-state index contributed by atoms with van der Waals surface area (Å²) in [7, 11) is 0. The maximum absolute atomic E-state index is 12.5. The van der Waals surface area contributed by atoms with Crippen LogP contribution < -0.4 is 14.8 Å². The number of carbonyl (C=O) groups is 1. The fourth-order valence-corrected chi connectivity index (χ4v) is 3.36. The van der Waals surface area contributed by atoms with Crippen molar-refractivity contribution in [2.75, 3.05) is 6.79 Å². The largest absolute Gasteiger partial charge is 0.454 e. The Kier molecular flexibility index (Phi) is 3.55. The maximum atomic E-state index is 12.5. The Balaban J connectivity index is 1.31. The molecule has 1 saturated carbocycles. The van der Waals surface area contributed by atoms with Crippen LogP contribution in [0.3, 0.4) is 0 Å². The van der Waals surface area contributed by atoms with Crippen LogP contribution in [-0.2, 0) is 17.9 Å². The number of nitrogens with zero attached hydrogens (tertiary/aromatic N) is 2. The van der Waals surface area contributed by atoms with Gasteiger partial charge in [-0.05, 0) is 42.7 Å². The summed E-state index contributed by atoms with van der Waals surface area (Å²) < 4.78 is 12.8. The molecule has 1 aliphatic heterocycles. The minimum atomic E-state index is -0.0206.